The van der Waals surface area contributed by atoms with Gasteiger partial charge in [0.2, 0.25) is 11.8 Å². The van der Waals surface area contributed by atoms with E-state index in [9.17, 15) is 9.59 Å². The molecule has 2 amide bonds. The minimum Gasteiger partial charge on any atom is -0.313 e. The van der Waals surface area contributed by atoms with Crippen LogP contribution < -0.4 is 9.80 Å². The fraction of sp³-hybridized carbons (Fsp3) is 0.385. The van der Waals surface area contributed by atoms with E-state index in [4.69, 9.17) is 0 Å². The van der Waals surface area contributed by atoms with Crippen LogP contribution in [0.15, 0.2) is 24.3 Å². The third-order valence-corrected chi connectivity index (χ3v) is 3.28. The summed E-state index contributed by atoms with van der Waals surface area (Å²) in [5.41, 5.74) is 0.501. The van der Waals surface area contributed by atoms with Gasteiger partial charge in [-0.15, -0.1) is 0 Å². The molecule has 2 rings (SSSR count). The van der Waals surface area contributed by atoms with E-state index in [1.54, 1.807) is 37.7 Å². The number of anilines is 2. The van der Waals surface area contributed by atoms with Gasteiger partial charge in [0.15, 0.2) is 0 Å². The van der Waals surface area contributed by atoms with Crippen molar-refractivity contribution in [2.45, 2.75) is 13.8 Å². The molecule has 0 atom stereocenters. The number of hydrogen-bond donors (Lipinski definition) is 0. The second kappa shape index (κ2) is 3.58. The Kier molecular flexibility index (Phi) is 2.45. The van der Waals surface area contributed by atoms with Crippen LogP contribution in [0.3, 0.4) is 0 Å². The standard InChI is InChI=1S/C13H16N2O2/c1-13(2)11(16)14(3)9-7-5-6-8-10(9)15(4)12(13)17/h5-8H,1-4H3. The van der Waals surface area contributed by atoms with Crippen molar-refractivity contribution in [2.24, 2.45) is 5.41 Å². The maximum atomic E-state index is 12.3. The smallest absolute Gasteiger partial charge is 0.241 e. The van der Waals surface area contributed by atoms with Crippen LogP contribution in [-0.2, 0) is 9.59 Å². The van der Waals surface area contributed by atoms with Crippen molar-refractivity contribution in [3.8, 4) is 0 Å². The fourth-order valence-corrected chi connectivity index (χ4v) is 2.18. The summed E-state index contributed by atoms with van der Waals surface area (Å²) in [5.74, 6) is -0.362. The first-order valence-corrected chi connectivity index (χ1v) is 5.52. The maximum Gasteiger partial charge on any atom is 0.241 e. The van der Waals surface area contributed by atoms with Crippen molar-refractivity contribution in [3.05, 3.63) is 24.3 Å². The number of rotatable bonds is 0. The average molecular weight is 232 g/mol. The molecule has 0 unspecified atom stereocenters. The van der Waals surface area contributed by atoms with E-state index >= 15 is 0 Å². The summed E-state index contributed by atoms with van der Waals surface area (Å²) < 4.78 is 0. The third-order valence-electron chi connectivity index (χ3n) is 3.28. The van der Waals surface area contributed by atoms with E-state index in [0.717, 1.165) is 11.4 Å². The lowest BCUT2D eigenvalue weighted by Crippen LogP contribution is -2.46. The molecule has 4 heteroatoms. The molecule has 1 aromatic rings. The highest BCUT2D eigenvalue weighted by atomic mass is 16.2. The van der Waals surface area contributed by atoms with E-state index in [1.165, 1.54) is 0 Å². The first-order chi connectivity index (χ1) is 7.87. The zero-order valence-electron chi connectivity index (χ0n) is 10.5. The number of benzene rings is 1. The van der Waals surface area contributed by atoms with Crippen molar-refractivity contribution in [2.75, 3.05) is 23.9 Å². The summed E-state index contributed by atoms with van der Waals surface area (Å²) in [7, 11) is 3.41. The monoisotopic (exact) mass is 232 g/mol. The summed E-state index contributed by atoms with van der Waals surface area (Å²) in [6.07, 6.45) is 0. The second-order valence-corrected chi connectivity index (χ2v) is 4.84. The Bertz CT molecular complexity index is 451. The van der Waals surface area contributed by atoms with Gasteiger partial charge in [0.05, 0.1) is 11.4 Å². The summed E-state index contributed by atoms with van der Waals surface area (Å²) in [5, 5.41) is 0. The normalized spacial score (nSPS) is 19.1. The molecule has 0 fully saturated rings. The van der Waals surface area contributed by atoms with Gasteiger partial charge in [-0.2, -0.15) is 0 Å². The lowest BCUT2D eigenvalue weighted by Gasteiger charge is -2.25. The molecule has 0 spiro atoms. The van der Waals surface area contributed by atoms with E-state index in [1.807, 2.05) is 24.3 Å². The fourth-order valence-electron chi connectivity index (χ4n) is 2.18. The molecule has 0 radical (unpaired) electrons. The molecule has 1 aromatic carbocycles. The van der Waals surface area contributed by atoms with Gasteiger partial charge in [0.25, 0.3) is 0 Å². The van der Waals surface area contributed by atoms with Crippen molar-refractivity contribution < 1.29 is 9.59 Å². The van der Waals surface area contributed by atoms with Crippen LogP contribution in [-0.4, -0.2) is 25.9 Å². The van der Waals surface area contributed by atoms with Gasteiger partial charge in [0, 0.05) is 14.1 Å². The molecule has 1 heterocycles. The van der Waals surface area contributed by atoms with Gasteiger partial charge in [-0.3, -0.25) is 9.59 Å². The molecule has 0 saturated heterocycles. The Morgan fingerprint density at radius 3 is 1.59 bits per heavy atom. The number of amides is 2. The van der Waals surface area contributed by atoms with Gasteiger partial charge in [-0.05, 0) is 26.0 Å². The second-order valence-electron chi connectivity index (χ2n) is 4.84. The van der Waals surface area contributed by atoms with Crippen molar-refractivity contribution in [1.82, 2.24) is 0 Å². The van der Waals surface area contributed by atoms with E-state index < -0.39 is 5.41 Å². The van der Waals surface area contributed by atoms with E-state index in [0.29, 0.717) is 0 Å². The summed E-state index contributed by atoms with van der Waals surface area (Å²) in [6, 6.07) is 7.41. The quantitative estimate of drug-likeness (QED) is 0.638. The number of para-hydroxylation sites is 2. The molecule has 17 heavy (non-hydrogen) atoms. The van der Waals surface area contributed by atoms with Gasteiger partial charge < -0.3 is 9.80 Å². The highest BCUT2D eigenvalue weighted by Gasteiger charge is 2.44. The lowest BCUT2D eigenvalue weighted by atomic mass is 9.90. The van der Waals surface area contributed by atoms with Crippen LogP contribution in [0.5, 0.6) is 0 Å². The molecule has 90 valence electrons. The molecule has 0 bridgehead atoms. The number of fused-ring (bicyclic) bond motifs is 1. The van der Waals surface area contributed by atoms with Gasteiger partial charge in [-0.1, -0.05) is 12.1 Å². The highest BCUT2D eigenvalue weighted by Crippen LogP contribution is 2.36. The first-order valence-electron chi connectivity index (χ1n) is 5.52. The van der Waals surface area contributed by atoms with Crippen molar-refractivity contribution in [1.29, 1.82) is 0 Å². The van der Waals surface area contributed by atoms with Crippen LogP contribution in [0.1, 0.15) is 13.8 Å². The van der Waals surface area contributed by atoms with Crippen molar-refractivity contribution >= 4 is 23.2 Å². The molecule has 4 nitrogen and oxygen atoms in total. The largest absolute Gasteiger partial charge is 0.313 e. The Balaban J connectivity index is 2.67. The Hall–Kier alpha value is -1.84. The molecule has 0 aliphatic carbocycles. The minimum absolute atomic E-state index is 0.181. The number of carbonyl (C=O) groups excluding carboxylic acids is 2. The van der Waals surface area contributed by atoms with Gasteiger partial charge >= 0.3 is 0 Å². The molecule has 1 aliphatic rings. The predicted molar refractivity (Wildman–Crippen MR) is 67.0 cm³/mol. The minimum atomic E-state index is -1.03. The van der Waals surface area contributed by atoms with Crippen LogP contribution >= 0.6 is 0 Å². The molecule has 0 N–H and O–H groups in total. The van der Waals surface area contributed by atoms with E-state index in [-0.39, 0.29) is 11.8 Å². The van der Waals surface area contributed by atoms with Gasteiger partial charge in [0.1, 0.15) is 5.41 Å². The zero-order valence-corrected chi connectivity index (χ0v) is 10.5. The van der Waals surface area contributed by atoms with E-state index in [2.05, 4.69) is 0 Å². The van der Waals surface area contributed by atoms with Crippen molar-refractivity contribution in [3.63, 3.8) is 0 Å². The summed E-state index contributed by atoms with van der Waals surface area (Å²) in [4.78, 5) is 27.6. The topological polar surface area (TPSA) is 40.6 Å². The zero-order chi connectivity index (χ0) is 12.8. The molecular formula is C13H16N2O2. The van der Waals surface area contributed by atoms with Crippen LogP contribution in [0.4, 0.5) is 11.4 Å². The van der Waals surface area contributed by atoms with Gasteiger partial charge in [-0.25, -0.2) is 0 Å². The SMILES string of the molecule is CN1C(=O)C(C)(C)C(=O)N(C)c2ccccc21. The Morgan fingerprint density at radius 2 is 1.24 bits per heavy atom. The summed E-state index contributed by atoms with van der Waals surface area (Å²) >= 11 is 0. The van der Waals surface area contributed by atoms with Crippen LogP contribution in [0.25, 0.3) is 0 Å². The third kappa shape index (κ3) is 1.52. The predicted octanol–water partition coefficient (Wildman–Crippen LogP) is 1.65. The molecule has 1 aliphatic heterocycles. The lowest BCUT2D eigenvalue weighted by molar-refractivity contribution is -0.137. The molecule has 0 aromatic heterocycles. The van der Waals surface area contributed by atoms with Crippen LogP contribution in [0.2, 0.25) is 0 Å². The number of nitrogens with zero attached hydrogens (tertiary/aromatic N) is 2. The number of carbonyl (C=O) groups is 2. The molecular weight excluding hydrogens is 216 g/mol. The molecule has 0 saturated carbocycles. The Morgan fingerprint density at radius 1 is 0.882 bits per heavy atom. The summed E-state index contributed by atoms with van der Waals surface area (Å²) in [6.45, 7) is 3.33. The Labute approximate surface area is 101 Å². The highest BCUT2D eigenvalue weighted by molar-refractivity contribution is 6.19. The first kappa shape index (κ1) is 11.6. The van der Waals surface area contributed by atoms with Crippen LogP contribution in [0, 0.1) is 5.41 Å². The maximum absolute atomic E-state index is 12.3. The average Bonchev–Trinajstić information content (AvgIpc) is 2.38. The number of hydrogen-bond acceptors (Lipinski definition) is 2.